The lowest BCUT2D eigenvalue weighted by molar-refractivity contribution is 0.0951. The zero-order valence-corrected chi connectivity index (χ0v) is 12.2. The second-order valence-electron chi connectivity index (χ2n) is 4.49. The predicted molar refractivity (Wildman–Crippen MR) is 79.1 cm³/mol. The Labute approximate surface area is 123 Å². The second kappa shape index (κ2) is 6.74. The highest BCUT2D eigenvalue weighted by Gasteiger charge is 2.15. The quantitative estimate of drug-likeness (QED) is 0.766. The van der Waals surface area contributed by atoms with E-state index in [0.717, 1.165) is 0 Å². The molecule has 1 aromatic heterocycles. The van der Waals surface area contributed by atoms with Gasteiger partial charge in [-0.2, -0.15) is 5.10 Å². The predicted octanol–water partition coefficient (Wildman–Crippen LogP) is 0.768. The minimum Gasteiger partial charge on any atom is -0.493 e. The Kier molecular flexibility index (Phi) is 4.76. The van der Waals surface area contributed by atoms with E-state index in [1.54, 1.807) is 36.3 Å². The van der Waals surface area contributed by atoms with Gasteiger partial charge in [0.1, 0.15) is 17.6 Å². The normalized spacial score (nSPS) is 10.4. The number of nitrogens with two attached hydrogens (primary N) is 1. The van der Waals surface area contributed by atoms with Crippen LogP contribution in [0.2, 0.25) is 0 Å². The number of nitrogens with zero attached hydrogens (tertiary/aromatic N) is 3. The van der Waals surface area contributed by atoms with Crippen LogP contribution in [-0.4, -0.2) is 33.8 Å². The number of nitrogen functional groups attached to an aromatic ring is 1. The molecular formula is C14H19N5O2. The first-order valence-corrected chi connectivity index (χ1v) is 6.75. The SMILES string of the molecule is CCOc1cccc(N)c1C(=O)NCCc1ncn(C)n1. The van der Waals surface area contributed by atoms with Gasteiger partial charge in [-0.25, -0.2) is 4.98 Å². The minimum absolute atomic E-state index is 0.257. The maximum atomic E-state index is 12.2. The number of ether oxygens (including phenoxy) is 1. The first-order chi connectivity index (χ1) is 10.1. The molecule has 21 heavy (non-hydrogen) atoms. The Bertz CT molecular complexity index is 624. The standard InChI is InChI=1S/C14H19N5O2/c1-3-21-11-6-4-5-10(15)13(11)14(20)16-8-7-12-17-9-19(2)18-12/h4-6,9H,3,7-8,15H2,1-2H3,(H,16,20). The lowest BCUT2D eigenvalue weighted by Crippen LogP contribution is -2.27. The molecule has 0 fully saturated rings. The maximum Gasteiger partial charge on any atom is 0.257 e. The van der Waals surface area contributed by atoms with Gasteiger partial charge in [-0.1, -0.05) is 6.07 Å². The number of benzene rings is 1. The van der Waals surface area contributed by atoms with Gasteiger partial charge in [-0.05, 0) is 19.1 Å². The van der Waals surface area contributed by atoms with E-state index in [-0.39, 0.29) is 5.91 Å². The molecule has 0 saturated heterocycles. The van der Waals surface area contributed by atoms with Crippen LogP contribution in [-0.2, 0) is 13.5 Å². The number of aryl methyl sites for hydroxylation is 1. The molecule has 7 nitrogen and oxygen atoms in total. The van der Waals surface area contributed by atoms with Crippen molar-refractivity contribution in [3.63, 3.8) is 0 Å². The van der Waals surface area contributed by atoms with Crippen molar-refractivity contribution in [2.24, 2.45) is 7.05 Å². The highest BCUT2D eigenvalue weighted by Crippen LogP contribution is 2.24. The van der Waals surface area contributed by atoms with Crippen LogP contribution in [0.3, 0.4) is 0 Å². The van der Waals surface area contributed by atoms with Crippen LogP contribution in [0, 0.1) is 0 Å². The van der Waals surface area contributed by atoms with Crippen molar-refractivity contribution in [2.75, 3.05) is 18.9 Å². The number of carbonyl (C=O) groups excluding carboxylic acids is 1. The second-order valence-corrected chi connectivity index (χ2v) is 4.49. The molecule has 0 spiro atoms. The van der Waals surface area contributed by atoms with Crippen molar-refractivity contribution in [1.82, 2.24) is 20.1 Å². The van der Waals surface area contributed by atoms with Crippen molar-refractivity contribution in [3.8, 4) is 5.75 Å². The summed E-state index contributed by atoms with van der Waals surface area (Å²) in [5.41, 5.74) is 6.64. The first kappa shape index (κ1) is 14.8. The number of aromatic nitrogens is 3. The van der Waals surface area contributed by atoms with Gasteiger partial charge in [0.15, 0.2) is 5.82 Å². The topological polar surface area (TPSA) is 95.1 Å². The van der Waals surface area contributed by atoms with E-state index in [0.29, 0.717) is 42.4 Å². The van der Waals surface area contributed by atoms with Crippen LogP contribution in [0.5, 0.6) is 5.75 Å². The molecule has 0 atom stereocenters. The monoisotopic (exact) mass is 289 g/mol. The smallest absolute Gasteiger partial charge is 0.257 e. The highest BCUT2D eigenvalue weighted by atomic mass is 16.5. The fourth-order valence-electron chi connectivity index (χ4n) is 1.94. The molecule has 1 heterocycles. The molecular weight excluding hydrogens is 270 g/mol. The summed E-state index contributed by atoms with van der Waals surface area (Å²) in [7, 11) is 1.80. The van der Waals surface area contributed by atoms with Crippen molar-refractivity contribution in [1.29, 1.82) is 0 Å². The maximum absolute atomic E-state index is 12.2. The molecule has 2 aromatic rings. The fourth-order valence-corrected chi connectivity index (χ4v) is 1.94. The van der Waals surface area contributed by atoms with Crippen molar-refractivity contribution < 1.29 is 9.53 Å². The Morgan fingerprint density at radius 3 is 2.95 bits per heavy atom. The van der Waals surface area contributed by atoms with Gasteiger partial charge in [-0.3, -0.25) is 9.48 Å². The van der Waals surface area contributed by atoms with Crippen molar-refractivity contribution in [3.05, 3.63) is 35.9 Å². The molecule has 7 heteroatoms. The van der Waals surface area contributed by atoms with Crippen LogP contribution < -0.4 is 15.8 Å². The number of hydrogen-bond acceptors (Lipinski definition) is 5. The highest BCUT2D eigenvalue weighted by molar-refractivity contribution is 6.01. The number of anilines is 1. The minimum atomic E-state index is -0.257. The summed E-state index contributed by atoms with van der Waals surface area (Å²) in [6, 6.07) is 5.17. The van der Waals surface area contributed by atoms with E-state index in [1.807, 2.05) is 6.92 Å². The molecule has 0 saturated carbocycles. The lowest BCUT2D eigenvalue weighted by atomic mass is 10.1. The Hall–Kier alpha value is -2.57. The van der Waals surface area contributed by atoms with Crippen LogP contribution in [0.4, 0.5) is 5.69 Å². The largest absolute Gasteiger partial charge is 0.493 e. The Morgan fingerprint density at radius 1 is 1.48 bits per heavy atom. The zero-order chi connectivity index (χ0) is 15.2. The van der Waals surface area contributed by atoms with E-state index < -0.39 is 0 Å². The molecule has 112 valence electrons. The number of rotatable bonds is 6. The summed E-state index contributed by atoms with van der Waals surface area (Å²) in [5, 5.41) is 6.96. The van der Waals surface area contributed by atoms with Gasteiger partial charge in [0, 0.05) is 25.7 Å². The number of nitrogens with one attached hydrogen (secondary N) is 1. The summed E-state index contributed by atoms with van der Waals surface area (Å²) in [4.78, 5) is 16.3. The zero-order valence-electron chi connectivity index (χ0n) is 12.2. The van der Waals surface area contributed by atoms with E-state index in [1.165, 1.54) is 0 Å². The van der Waals surface area contributed by atoms with E-state index >= 15 is 0 Å². The summed E-state index contributed by atoms with van der Waals surface area (Å²) < 4.78 is 7.06. The summed E-state index contributed by atoms with van der Waals surface area (Å²) in [5.74, 6) is 0.919. The molecule has 1 amide bonds. The van der Waals surface area contributed by atoms with E-state index in [9.17, 15) is 4.79 Å². The average Bonchev–Trinajstić information content (AvgIpc) is 2.85. The molecule has 1 aromatic carbocycles. The van der Waals surface area contributed by atoms with Crippen LogP contribution >= 0.6 is 0 Å². The third kappa shape index (κ3) is 3.71. The van der Waals surface area contributed by atoms with Crippen LogP contribution in [0.1, 0.15) is 23.1 Å². The molecule has 3 N–H and O–H groups in total. The number of amides is 1. The van der Waals surface area contributed by atoms with Gasteiger partial charge in [0.2, 0.25) is 0 Å². The summed E-state index contributed by atoms with van der Waals surface area (Å²) >= 11 is 0. The van der Waals surface area contributed by atoms with Gasteiger partial charge >= 0.3 is 0 Å². The molecule has 0 unspecified atom stereocenters. The Balaban J connectivity index is 2.00. The molecule has 0 aliphatic carbocycles. The van der Waals surface area contributed by atoms with Crippen LogP contribution in [0.15, 0.2) is 24.5 Å². The van der Waals surface area contributed by atoms with Crippen molar-refractivity contribution in [2.45, 2.75) is 13.3 Å². The van der Waals surface area contributed by atoms with E-state index in [4.69, 9.17) is 10.5 Å². The fraction of sp³-hybridized carbons (Fsp3) is 0.357. The summed E-state index contributed by atoms with van der Waals surface area (Å²) in [6.07, 6.45) is 2.18. The average molecular weight is 289 g/mol. The summed E-state index contributed by atoms with van der Waals surface area (Å²) in [6.45, 7) is 2.77. The van der Waals surface area contributed by atoms with Gasteiger partial charge in [0.05, 0.1) is 6.61 Å². The van der Waals surface area contributed by atoms with Crippen LogP contribution in [0.25, 0.3) is 0 Å². The Morgan fingerprint density at radius 2 is 2.29 bits per heavy atom. The molecule has 0 radical (unpaired) electrons. The molecule has 0 aliphatic heterocycles. The lowest BCUT2D eigenvalue weighted by Gasteiger charge is -2.12. The van der Waals surface area contributed by atoms with Gasteiger partial charge in [-0.15, -0.1) is 0 Å². The molecule has 0 aliphatic rings. The number of hydrogen-bond donors (Lipinski definition) is 2. The van der Waals surface area contributed by atoms with Gasteiger partial charge < -0.3 is 15.8 Å². The third-order valence-electron chi connectivity index (χ3n) is 2.87. The van der Waals surface area contributed by atoms with E-state index in [2.05, 4.69) is 15.4 Å². The number of carbonyl (C=O) groups is 1. The van der Waals surface area contributed by atoms with Crippen molar-refractivity contribution >= 4 is 11.6 Å². The molecule has 2 rings (SSSR count). The third-order valence-corrected chi connectivity index (χ3v) is 2.87. The van der Waals surface area contributed by atoms with Gasteiger partial charge in [0.25, 0.3) is 5.91 Å². The molecule has 0 bridgehead atoms. The first-order valence-electron chi connectivity index (χ1n) is 6.75.